The molecular weight excluding hydrogens is 224 g/mol. The Morgan fingerprint density at radius 3 is 2.69 bits per heavy atom. The predicted molar refractivity (Wildman–Crippen MR) is 66.5 cm³/mol. The van der Waals surface area contributed by atoms with Crippen LogP contribution in [0.4, 0.5) is 0 Å². The molecule has 0 saturated heterocycles. The Balaban J connectivity index is 3.04. The molecule has 3 heteroatoms. The number of benzene rings is 1. The number of methoxy groups -OCH3 is 1. The van der Waals surface area contributed by atoms with E-state index in [1.807, 2.05) is 19.9 Å². The zero-order chi connectivity index (χ0) is 12.1. The van der Waals surface area contributed by atoms with Gasteiger partial charge in [0.15, 0.2) is 0 Å². The van der Waals surface area contributed by atoms with Crippen molar-refractivity contribution in [2.24, 2.45) is 0 Å². The number of halogens is 1. The summed E-state index contributed by atoms with van der Waals surface area (Å²) in [5.74, 6) is 0.866. The van der Waals surface area contributed by atoms with Crippen LogP contribution in [-0.2, 0) is 11.2 Å². The van der Waals surface area contributed by atoms with Crippen LogP contribution in [0.15, 0.2) is 6.07 Å². The number of aldehydes is 1. The van der Waals surface area contributed by atoms with Crippen molar-refractivity contribution in [1.29, 1.82) is 0 Å². The van der Waals surface area contributed by atoms with E-state index in [-0.39, 0.29) is 0 Å². The van der Waals surface area contributed by atoms with E-state index < -0.39 is 0 Å². The second-order valence-electron chi connectivity index (χ2n) is 3.87. The molecule has 0 aliphatic rings. The average Bonchev–Trinajstić information content (AvgIpc) is 2.29. The van der Waals surface area contributed by atoms with Crippen LogP contribution in [0.25, 0.3) is 0 Å². The van der Waals surface area contributed by atoms with Crippen molar-refractivity contribution in [2.45, 2.75) is 33.1 Å². The molecule has 0 saturated carbocycles. The lowest BCUT2D eigenvalue weighted by Gasteiger charge is -2.14. The van der Waals surface area contributed by atoms with Gasteiger partial charge >= 0.3 is 0 Å². The third-order valence-corrected chi connectivity index (χ3v) is 3.32. The molecule has 1 rings (SSSR count). The summed E-state index contributed by atoms with van der Waals surface area (Å²) in [6.45, 7) is 3.96. The fourth-order valence-corrected chi connectivity index (χ4v) is 1.98. The normalized spacial score (nSPS) is 10.2. The van der Waals surface area contributed by atoms with Crippen molar-refractivity contribution in [3.05, 3.63) is 27.8 Å². The summed E-state index contributed by atoms with van der Waals surface area (Å²) >= 11 is 6.20. The Morgan fingerprint density at radius 1 is 1.44 bits per heavy atom. The first-order valence-corrected chi connectivity index (χ1v) is 5.75. The number of unbranched alkanes of at least 4 members (excludes halogenated alkanes) is 1. The number of hydrogen-bond donors (Lipinski definition) is 0. The van der Waals surface area contributed by atoms with E-state index in [1.165, 1.54) is 0 Å². The minimum Gasteiger partial charge on any atom is -0.496 e. The molecule has 0 spiro atoms. The van der Waals surface area contributed by atoms with Crippen LogP contribution < -0.4 is 4.74 Å². The number of aryl methyl sites for hydroxylation is 1. The van der Waals surface area contributed by atoms with Crippen molar-refractivity contribution in [1.82, 2.24) is 0 Å². The third kappa shape index (κ3) is 2.76. The molecule has 0 radical (unpaired) electrons. The molecule has 0 unspecified atom stereocenters. The first-order chi connectivity index (χ1) is 7.61. The lowest BCUT2D eigenvalue weighted by Crippen LogP contribution is -1.98. The molecule has 1 aromatic carbocycles. The highest BCUT2D eigenvalue weighted by atomic mass is 35.5. The van der Waals surface area contributed by atoms with Gasteiger partial charge in [0, 0.05) is 11.4 Å². The number of carbonyl (C=O) groups excluding carboxylic acids is 1. The average molecular weight is 241 g/mol. The SMILES string of the molecule is COc1cc(C)c(Cl)c(C)c1CCCC=O. The lowest BCUT2D eigenvalue weighted by atomic mass is 9.99. The Morgan fingerprint density at radius 2 is 2.12 bits per heavy atom. The van der Waals surface area contributed by atoms with Crippen LogP contribution in [0.2, 0.25) is 5.02 Å². The molecule has 0 bridgehead atoms. The van der Waals surface area contributed by atoms with Crippen LogP contribution in [0.5, 0.6) is 5.75 Å². The predicted octanol–water partition coefficient (Wildman–Crippen LogP) is 3.49. The van der Waals surface area contributed by atoms with E-state index in [1.54, 1.807) is 7.11 Å². The zero-order valence-electron chi connectivity index (χ0n) is 9.97. The van der Waals surface area contributed by atoms with Crippen LogP contribution in [0, 0.1) is 13.8 Å². The van der Waals surface area contributed by atoms with E-state index in [0.717, 1.165) is 46.6 Å². The Hall–Kier alpha value is -1.02. The van der Waals surface area contributed by atoms with Crippen molar-refractivity contribution in [3.8, 4) is 5.75 Å². The van der Waals surface area contributed by atoms with Crippen molar-refractivity contribution >= 4 is 17.9 Å². The molecule has 16 heavy (non-hydrogen) atoms. The van der Waals surface area contributed by atoms with Gasteiger partial charge < -0.3 is 9.53 Å². The van der Waals surface area contributed by atoms with Gasteiger partial charge in [-0.25, -0.2) is 0 Å². The molecule has 2 nitrogen and oxygen atoms in total. The largest absolute Gasteiger partial charge is 0.496 e. The van der Waals surface area contributed by atoms with Crippen LogP contribution in [0.1, 0.15) is 29.5 Å². The van der Waals surface area contributed by atoms with Crippen LogP contribution >= 0.6 is 11.6 Å². The van der Waals surface area contributed by atoms with E-state index >= 15 is 0 Å². The molecule has 0 aliphatic heterocycles. The molecule has 0 atom stereocenters. The van der Waals surface area contributed by atoms with Crippen molar-refractivity contribution < 1.29 is 9.53 Å². The summed E-state index contributed by atoms with van der Waals surface area (Å²) in [5.41, 5.74) is 3.19. The molecule has 88 valence electrons. The van der Waals surface area contributed by atoms with Gasteiger partial charge in [-0.05, 0) is 49.4 Å². The minimum atomic E-state index is 0.577. The molecular formula is C13H17ClO2. The maximum atomic E-state index is 10.3. The van der Waals surface area contributed by atoms with Gasteiger partial charge in [-0.1, -0.05) is 11.6 Å². The monoisotopic (exact) mass is 240 g/mol. The Labute approximate surface area is 102 Å². The van der Waals surface area contributed by atoms with Gasteiger partial charge in [0.2, 0.25) is 0 Å². The van der Waals surface area contributed by atoms with Gasteiger partial charge in [0.05, 0.1) is 7.11 Å². The summed E-state index contributed by atoms with van der Waals surface area (Å²) in [6, 6.07) is 1.95. The van der Waals surface area contributed by atoms with Crippen LogP contribution in [0.3, 0.4) is 0 Å². The maximum absolute atomic E-state index is 10.3. The summed E-state index contributed by atoms with van der Waals surface area (Å²) in [5, 5.41) is 0.793. The van der Waals surface area contributed by atoms with Crippen LogP contribution in [-0.4, -0.2) is 13.4 Å². The first kappa shape index (κ1) is 13.0. The van der Waals surface area contributed by atoms with E-state index in [2.05, 4.69) is 0 Å². The molecule has 0 aromatic heterocycles. The van der Waals surface area contributed by atoms with Gasteiger partial charge in [-0.3, -0.25) is 0 Å². The standard InChI is InChI=1S/C13H17ClO2/c1-9-8-12(16-3)11(6-4-5-7-15)10(2)13(9)14/h7-8H,4-6H2,1-3H3. The van der Waals surface area contributed by atoms with Gasteiger partial charge in [0.1, 0.15) is 12.0 Å². The molecule has 1 aromatic rings. The van der Waals surface area contributed by atoms with E-state index in [0.29, 0.717) is 6.42 Å². The van der Waals surface area contributed by atoms with Gasteiger partial charge in [-0.2, -0.15) is 0 Å². The molecule has 0 heterocycles. The molecule has 0 aliphatic carbocycles. The number of rotatable bonds is 5. The van der Waals surface area contributed by atoms with E-state index in [9.17, 15) is 4.79 Å². The maximum Gasteiger partial charge on any atom is 0.122 e. The highest BCUT2D eigenvalue weighted by Gasteiger charge is 2.11. The van der Waals surface area contributed by atoms with E-state index in [4.69, 9.17) is 16.3 Å². The molecule has 0 amide bonds. The fraction of sp³-hybridized carbons (Fsp3) is 0.462. The second kappa shape index (κ2) is 5.90. The summed E-state index contributed by atoms with van der Waals surface area (Å²) in [6.07, 6.45) is 3.18. The summed E-state index contributed by atoms with van der Waals surface area (Å²) in [4.78, 5) is 10.3. The number of carbonyl (C=O) groups is 1. The van der Waals surface area contributed by atoms with Gasteiger partial charge in [-0.15, -0.1) is 0 Å². The fourth-order valence-electron chi connectivity index (χ4n) is 1.82. The lowest BCUT2D eigenvalue weighted by molar-refractivity contribution is -0.107. The second-order valence-corrected chi connectivity index (χ2v) is 4.25. The quantitative estimate of drug-likeness (QED) is 0.582. The first-order valence-electron chi connectivity index (χ1n) is 5.38. The highest BCUT2D eigenvalue weighted by molar-refractivity contribution is 6.32. The summed E-state index contributed by atoms with van der Waals surface area (Å²) < 4.78 is 5.35. The van der Waals surface area contributed by atoms with Gasteiger partial charge in [0.25, 0.3) is 0 Å². The topological polar surface area (TPSA) is 26.3 Å². The molecule has 0 N–H and O–H groups in total. The van der Waals surface area contributed by atoms with Crippen molar-refractivity contribution in [2.75, 3.05) is 7.11 Å². The Kier molecular flexibility index (Phi) is 4.81. The minimum absolute atomic E-state index is 0.577. The number of ether oxygens (including phenoxy) is 1. The van der Waals surface area contributed by atoms with Crippen molar-refractivity contribution in [3.63, 3.8) is 0 Å². The summed E-state index contributed by atoms with van der Waals surface area (Å²) in [7, 11) is 1.66. The highest BCUT2D eigenvalue weighted by Crippen LogP contribution is 2.32. The molecule has 0 fully saturated rings. The number of hydrogen-bond acceptors (Lipinski definition) is 2. The smallest absolute Gasteiger partial charge is 0.122 e. The zero-order valence-corrected chi connectivity index (χ0v) is 10.7. The Bertz CT molecular complexity index is 386. The third-order valence-electron chi connectivity index (χ3n) is 2.74.